The summed E-state index contributed by atoms with van der Waals surface area (Å²) in [5.41, 5.74) is 1.18. The van der Waals surface area contributed by atoms with E-state index >= 15 is 0 Å². The standard InChI is InChI=1S/C16H10N8O4S2/c25-13(26)9-3-1-5-11(7-9)23-15(17-19-21-23)29-30-16-18-20-22-24(16)12-6-2-4-10(8-12)14(27)28/h1-8H,(H,25,26)(H,27,28). The Bertz CT molecular complexity index is 1150. The Balaban J connectivity index is 1.57. The Kier molecular flexibility index (Phi) is 5.40. The highest BCUT2D eigenvalue weighted by molar-refractivity contribution is 8.76. The van der Waals surface area contributed by atoms with Gasteiger partial charge in [-0.15, -0.1) is 10.2 Å². The quantitative estimate of drug-likeness (QED) is 0.400. The highest BCUT2D eigenvalue weighted by Crippen LogP contribution is 2.36. The second-order valence-electron chi connectivity index (χ2n) is 5.62. The number of aromatic nitrogens is 8. The summed E-state index contributed by atoms with van der Waals surface area (Å²) in [6.07, 6.45) is 0. The van der Waals surface area contributed by atoms with Crippen molar-refractivity contribution in [1.82, 2.24) is 40.4 Å². The maximum Gasteiger partial charge on any atom is 0.335 e. The predicted octanol–water partition coefficient (Wildman–Crippen LogP) is 1.83. The molecule has 0 amide bonds. The summed E-state index contributed by atoms with van der Waals surface area (Å²) in [6, 6.07) is 12.4. The zero-order chi connectivity index (χ0) is 21.1. The highest BCUT2D eigenvalue weighted by Gasteiger charge is 2.16. The maximum atomic E-state index is 11.2. The van der Waals surface area contributed by atoms with E-state index in [1.165, 1.54) is 33.6 Å². The minimum absolute atomic E-state index is 0.105. The molecule has 14 heteroatoms. The van der Waals surface area contributed by atoms with Crippen LogP contribution in [0, 0.1) is 0 Å². The van der Waals surface area contributed by atoms with E-state index in [0.29, 0.717) is 21.7 Å². The molecule has 150 valence electrons. The number of carbonyl (C=O) groups is 2. The zero-order valence-corrected chi connectivity index (χ0v) is 16.4. The lowest BCUT2D eigenvalue weighted by atomic mass is 10.2. The van der Waals surface area contributed by atoms with Gasteiger partial charge in [0.2, 0.25) is 10.3 Å². The van der Waals surface area contributed by atoms with Crippen LogP contribution in [0.5, 0.6) is 0 Å². The molecule has 4 aromatic rings. The molecule has 2 aromatic carbocycles. The van der Waals surface area contributed by atoms with Gasteiger partial charge < -0.3 is 10.2 Å². The summed E-state index contributed by atoms with van der Waals surface area (Å²) in [7, 11) is 2.31. The van der Waals surface area contributed by atoms with Gasteiger partial charge in [-0.3, -0.25) is 0 Å². The molecule has 0 aliphatic heterocycles. The molecular formula is C16H10N8O4S2. The van der Waals surface area contributed by atoms with Crippen molar-refractivity contribution in [1.29, 1.82) is 0 Å². The predicted molar refractivity (Wildman–Crippen MR) is 104 cm³/mol. The van der Waals surface area contributed by atoms with Crippen LogP contribution in [0.4, 0.5) is 0 Å². The summed E-state index contributed by atoms with van der Waals surface area (Å²) < 4.78 is 2.78. The molecule has 0 radical (unpaired) electrons. The number of hydrogen-bond acceptors (Lipinski definition) is 10. The van der Waals surface area contributed by atoms with Crippen LogP contribution in [0.1, 0.15) is 20.7 Å². The average Bonchev–Trinajstić information content (AvgIpc) is 3.41. The van der Waals surface area contributed by atoms with E-state index in [2.05, 4.69) is 31.1 Å². The maximum absolute atomic E-state index is 11.2. The SMILES string of the molecule is O=C(O)c1cccc(-n2nnnc2SSc2nnnn2-c2cccc(C(=O)O)c2)c1. The van der Waals surface area contributed by atoms with Crippen LogP contribution in [0.3, 0.4) is 0 Å². The molecule has 0 unspecified atom stereocenters. The van der Waals surface area contributed by atoms with Crippen molar-refractivity contribution in [3.8, 4) is 11.4 Å². The third-order valence-electron chi connectivity index (χ3n) is 3.75. The van der Waals surface area contributed by atoms with Gasteiger partial charge in [0.25, 0.3) is 0 Å². The van der Waals surface area contributed by atoms with E-state index in [-0.39, 0.29) is 11.1 Å². The first kappa shape index (κ1) is 19.5. The molecule has 12 nitrogen and oxygen atoms in total. The van der Waals surface area contributed by atoms with Gasteiger partial charge in [-0.05, 0) is 78.8 Å². The van der Waals surface area contributed by atoms with Gasteiger partial charge in [-0.25, -0.2) is 9.59 Å². The van der Waals surface area contributed by atoms with E-state index in [1.54, 1.807) is 24.3 Å². The van der Waals surface area contributed by atoms with Crippen LogP contribution in [-0.2, 0) is 0 Å². The molecule has 0 aliphatic carbocycles. The average molecular weight is 442 g/mol. The molecule has 4 rings (SSSR count). The summed E-state index contributed by atoms with van der Waals surface area (Å²) in [6.45, 7) is 0. The first-order valence-electron chi connectivity index (χ1n) is 8.11. The number of nitrogens with zero attached hydrogens (tertiary/aromatic N) is 8. The lowest BCUT2D eigenvalue weighted by Crippen LogP contribution is -2.03. The second-order valence-corrected chi connectivity index (χ2v) is 7.69. The van der Waals surface area contributed by atoms with Crippen LogP contribution >= 0.6 is 21.6 Å². The lowest BCUT2D eigenvalue weighted by molar-refractivity contribution is 0.0686. The van der Waals surface area contributed by atoms with Crippen LogP contribution in [0.15, 0.2) is 58.8 Å². The van der Waals surface area contributed by atoms with Gasteiger partial charge in [0.15, 0.2) is 0 Å². The number of hydrogen-bond donors (Lipinski definition) is 2. The monoisotopic (exact) mass is 442 g/mol. The Morgan fingerprint density at radius 2 is 1.17 bits per heavy atom. The fraction of sp³-hybridized carbons (Fsp3) is 0. The normalized spacial score (nSPS) is 10.8. The summed E-state index contributed by atoms with van der Waals surface area (Å²) in [5.74, 6) is -2.12. The minimum Gasteiger partial charge on any atom is -0.478 e. The fourth-order valence-corrected chi connectivity index (χ4v) is 4.19. The Morgan fingerprint density at radius 1 is 0.733 bits per heavy atom. The summed E-state index contributed by atoms with van der Waals surface area (Å²) >= 11 is 0. The van der Waals surface area contributed by atoms with Gasteiger partial charge >= 0.3 is 11.9 Å². The summed E-state index contributed by atoms with van der Waals surface area (Å²) in [5, 5.41) is 42.1. The van der Waals surface area contributed by atoms with Crippen molar-refractivity contribution in [2.45, 2.75) is 10.3 Å². The van der Waals surface area contributed by atoms with Crippen molar-refractivity contribution >= 4 is 33.5 Å². The van der Waals surface area contributed by atoms with E-state index in [0.717, 1.165) is 21.6 Å². The van der Waals surface area contributed by atoms with E-state index in [1.807, 2.05) is 0 Å². The van der Waals surface area contributed by atoms with Crippen LogP contribution < -0.4 is 0 Å². The Hall–Kier alpha value is -3.78. The number of rotatable bonds is 7. The number of carboxylic acids is 2. The van der Waals surface area contributed by atoms with Crippen LogP contribution in [0.2, 0.25) is 0 Å². The van der Waals surface area contributed by atoms with Crippen LogP contribution in [0.25, 0.3) is 11.4 Å². The molecule has 0 fully saturated rings. The summed E-state index contributed by atoms with van der Waals surface area (Å²) in [4.78, 5) is 22.4. The van der Waals surface area contributed by atoms with Gasteiger partial charge in [0.1, 0.15) is 0 Å². The van der Waals surface area contributed by atoms with E-state index < -0.39 is 11.9 Å². The molecule has 2 heterocycles. The number of aromatic carboxylic acids is 2. The molecule has 2 aromatic heterocycles. The third-order valence-corrected chi connectivity index (χ3v) is 5.78. The van der Waals surface area contributed by atoms with Crippen molar-refractivity contribution in [3.05, 3.63) is 59.7 Å². The zero-order valence-electron chi connectivity index (χ0n) is 14.7. The molecule has 0 bridgehead atoms. The molecule has 0 saturated heterocycles. The van der Waals surface area contributed by atoms with Crippen molar-refractivity contribution in [3.63, 3.8) is 0 Å². The minimum atomic E-state index is -1.06. The molecule has 2 N–H and O–H groups in total. The molecule has 0 spiro atoms. The van der Waals surface area contributed by atoms with Crippen LogP contribution in [-0.4, -0.2) is 62.6 Å². The van der Waals surface area contributed by atoms with Gasteiger partial charge in [0, 0.05) is 0 Å². The highest BCUT2D eigenvalue weighted by atomic mass is 33.1. The van der Waals surface area contributed by atoms with Gasteiger partial charge in [-0.1, -0.05) is 12.1 Å². The van der Waals surface area contributed by atoms with Crippen molar-refractivity contribution in [2.24, 2.45) is 0 Å². The molecule has 0 saturated carbocycles. The van der Waals surface area contributed by atoms with Crippen molar-refractivity contribution in [2.75, 3.05) is 0 Å². The molecule has 30 heavy (non-hydrogen) atoms. The first-order valence-corrected chi connectivity index (χ1v) is 10.3. The van der Waals surface area contributed by atoms with E-state index in [9.17, 15) is 9.59 Å². The number of carboxylic acid groups (broad SMARTS) is 2. The van der Waals surface area contributed by atoms with Gasteiger partial charge in [0.05, 0.1) is 22.5 Å². The molecular weight excluding hydrogens is 432 g/mol. The fourth-order valence-electron chi connectivity index (χ4n) is 2.40. The lowest BCUT2D eigenvalue weighted by Gasteiger charge is -2.06. The smallest absolute Gasteiger partial charge is 0.335 e. The Labute approximate surface area is 175 Å². The second kappa shape index (κ2) is 8.30. The van der Waals surface area contributed by atoms with Crippen molar-refractivity contribution < 1.29 is 19.8 Å². The third kappa shape index (κ3) is 3.99. The Morgan fingerprint density at radius 3 is 1.57 bits per heavy atom. The largest absolute Gasteiger partial charge is 0.478 e. The first-order chi connectivity index (χ1) is 14.5. The number of tetrazole rings is 2. The number of benzene rings is 2. The van der Waals surface area contributed by atoms with E-state index in [4.69, 9.17) is 10.2 Å². The van der Waals surface area contributed by atoms with Gasteiger partial charge in [-0.2, -0.15) is 9.36 Å². The topological polar surface area (TPSA) is 162 Å². The molecule has 0 aliphatic rings. The molecule has 0 atom stereocenters.